The Bertz CT molecular complexity index is 772. The van der Waals surface area contributed by atoms with Crippen LogP contribution in [0.3, 0.4) is 0 Å². The van der Waals surface area contributed by atoms with Crippen LogP contribution in [0.5, 0.6) is 0 Å². The summed E-state index contributed by atoms with van der Waals surface area (Å²) in [7, 11) is 0. The standard InChI is InChI=1S/C23H36N4O3/c1-4-7-19-20(17(3)28)16(2)25-21(19)22(29)24-10-11-26-12-14-27(15-13-26)23(30)18-8-5-6-9-18/h18,25H,4-15H2,1-3H3,(H,24,29). The fraction of sp³-hybridized carbons (Fsp3) is 0.696. The van der Waals surface area contributed by atoms with Crippen LogP contribution in [0.2, 0.25) is 0 Å². The normalized spacial score (nSPS) is 18.0. The summed E-state index contributed by atoms with van der Waals surface area (Å²) in [6.45, 7) is 10.0. The van der Waals surface area contributed by atoms with Crippen LogP contribution in [0.1, 0.15) is 78.1 Å². The third-order valence-electron chi connectivity index (χ3n) is 6.47. The number of hydrogen-bond acceptors (Lipinski definition) is 4. The van der Waals surface area contributed by atoms with Crippen molar-refractivity contribution >= 4 is 17.6 Å². The lowest BCUT2D eigenvalue weighted by Crippen LogP contribution is -2.51. The van der Waals surface area contributed by atoms with Crippen LogP contribution in [0.15, 0.2) is 0 Å². The molecule has 1 aromatic rings. The molecule has 2 N–H and O–H groups in total. The number of rotatable bonds is 8. The minimum Gasteiger partial charge on any atom is -0.354 e. The van der Waals surface area contributed by atoms with Crippen LogP contribution >= 0.6 is 0 Å². The van der Waals surface area contributed by atoms with Gasteiger partial charge in [0, 0.05) is 56.4 Å². The summed E-state index contributed by atoms with van der Waals surface area (Å²) in [5, 5.41) is 3.00. The number of hydrogen-bond donors (Lipinski definition) is 2. The van der Waals surface area contributed by atoms with Gasteiger partial charge in [-0.3, -0.25) is 19.3 Å². The Labute approximate surface area is 179 Å². The van der Waals surface area contributed by atoms with Crippen molar-refractivity contribution in [2.45, 2.75) is 59.3 Å². The summed E-state index contributed by atoms with van der Waals surface area (Å²) in [6, 6.07) is 0. The Morgan fingerprint density at radius 1 is 1.10 bits per heavy atom. The second-order valence-electron chi connectivity index (χ2n) is 8.69. The lowest BCUT2D eigenvalue weighted by atomic mass is 10.0. The van der Waals surface area contributed by atoms with Crippen LogP contribution in [0.25, 0.3) is 0 Å². The van der Waals surface area contributed by atoms with Crippen molar-refractivity contribution in [2.75, 3.05) is 39.3 Å². The third-order valence-corrected chi connectivity index (χ3v) is 6.47. The average molecular weight is 417 g/mol. The van der Waals surface area contributed by atoms with Gasteiger partial charge < -0.3 is 15.2 Å². The van der Waals surface area contributed by atoms with E-state index in [0.29, 0.717) is 30.1 Å². The van der Waals surface area contributed by atoms with Crippen molar-refractivity contribution in [3.63, 3.8) is 0 Å². The van der Waals surface area contributed by atoms with E-state index in [-0.39, 0.29) is 17.6 Å². The van der Waals surface area contributed by atoms with E-state index in [4.69, 9.17) is 0 Å². The molecule has 1 aromatic heterocycles. The summed E-state index contributed by atoms with van der Waals surface area (Å²) in [5.41, 5.74) is 2.77. The van der Waals surface area contributed by atoms with Gasteiger partial charge in [0.25, 0.3) is 5.91 Å². The number of aromatic nitrogens is 1. The number of carbonyl (C=O) groups is 3. The number of H-pyrrole nitrogens is 1. The first kappa shape index (κ1) is 22.5. The number of nitrogens with zero attached hydrogens (tertiary/aromatic N) is 2. The molecular weight excluding hydrogens is 380 g/mol. The maximum atomic E-state index is 12.7. The zero-order valence-electron chi connectivity index (χ0n) is 18.7. The summed E-state index contributed by atoms with van der Waals surface area (Å²) in [4.78, 5) is 44.7. The van der Waals surface area contributed by atoms with E-state index in [1.54, 1.807) is 6.92 Å². The Hall–Kier alpha value is -2.15. The van der Waals surface area contributed by atoms with Crippen molar-refractivity contribution in [1.82, 2.24) is 20.1 Å². The fourth-order valence-corrected chi connectivity index (χ4v) is 4.89. The first-order valence-electron chi connectivity index (χ1n) is 11.4. The van der Waals surface area contributed by atoms with Crippen molar-refractivity contribution in [3.05, 3.63) is 22.5 Å². The first-order valence-corrected chi connectivity index (χ1v) is 11.4. The van der Waals surface area contributed by atoms with Gasteiger partial charge in [-0.15, -0.1) is 0 Å². The van der Waals surface area contributed by atoms with Gasteiger partial charge in [-0.05, 0) is 38.7 Å². The lowest BCUT2D eigenvalue weighted by molar-refractivity contribution is -0.137. The van der Waals surface area contributed by atoms with Crippen LogP contribution in [0, 0.1) is 12.8 Å². The first-order chi connectivity index (χ1) is 14.4. The van der Waals surface area contributed by atoms with E-state index in [9.17, 15) is 14.4 Å². The second kappa shape index (κ2) is 10.2. The molecule has 0 radical (unpaired) electrons. The highest BCUT2D eigenvalue weighted by Crippen LogP contribution is 2.27. The topological polar surface area (TPSA) is 85.5 Å². The summed E-state index contributed by atoms with van der Waals surface area (Å²) in [6.07, 6.45) is 6.05. The maximum absolute atomic E-state index is 12.7. The van der Waals surface area contributed by atoms with E-state index < -0.39 is 0 Å². The van der Waals surface area contributed by atoms with Crippen LogP contribution in [-0.2, 0) is 11.2 Å². The molecule has 166 valence electrons. The third kappa shape index (κ3) is 5.12. The highest BCUT2D eigenvalue weighted by atomic mass is 16.2. The average Bonchev–Trinajstić information content (AvgIpc) is 3.36. The van der Waals surface area contributed by atoms with Crippen molar-refractivity contribution in [1.29, 1.82) is 0 Å². The molecule has 2 amide bonds. The molecule has 7 heteroatoms. The molecule has 1 saturated carbocycles. The molecule has 0 atom stereocenters. The van der Waals surface area contributed by atoms with E-state index in [0.717, 1.165) is 63.2 Å². The van der Waals surface area contributed by atoms with Crippen LogP contribution in [0.4, 0.5) is 0 Å². The molecule has 2 heterocycles. The highest BCUT2D eigenvalue weighted by molar-refractivity contribution is 6.02. The number of piperazine rings is 1. The molecule has 1 saturated heterocycles. The second-order valence-corrected chi connectivity index (χ2v) is 8.69. The largest absolute Gasteiger partial charge is 0.354 e. The number of amides is 2. The number of carbonyl (C=O) groups excluding carboxylic acids is 3. The van der Waals surface area contributed by atoms with Gasteiger partial charge >= 0.3 is 0 Å². The molecule has 30 heavy (non-hydrogen) atoms. The minimum absolute atomic E-state index is 0.00345. The number of aryl methyl sites for hydroxylation is 1. The molecule has 0 unspecified atom stereocenters. The number of ketones is 1. The van der Waals surface area contributed by atoms with Crippen molar-refractivity contribution in [3.8, 4) is 0 Å². The molecule has 1 aliphatic heterocycles. The monoisotopic (exact) mass is 416 g/mol. The predicted molar refractivity (Wildman–Crippen MR) is 117 cm³/mol. The summed E-state index contributed by atoms with van der Waals surface area (Å²) >= 11 is 0. The van der Waals surface area contributed by atoms with E-state index in [1.807, 2.05) is 18.7 Å². The molecule has 2 fully saturated rings. The number of aromatic amines is 1. The molecule has 2 aliphatic rings. The highest BCUT2D eigenvalue weighted by Gasteiger charge is 2.29. The fourth-order valence-electron chi connectivity index (χ4n) is 4.89. The Morgan fingerprint density at radius 2 is 1.77 bits per heavy atom. The molecule has 0 spiro atoms. The van der Waals surface area contributed by atoms with Gasteiger partial charge in [-0.2, -0.15) is 0 Å². The van der Waals surface area contributed by atoms with Gasteiger partial charge in [-0.25, -0.2) is 0 Å². The van der Waals surface area contributed by atoms with Gasteiger partial charge in [-0.1, -0.05) is 26.2 Å². The summed E-state index contributed by atoms with van der Waals surface area (Å²) in [5.74, 6) is 0.435. The molecule has 0 bridgehead atoms. The lowest BCUT2D eigenvalue weighted by Gasteiger charge is -2.36. The zero-order chi connectivity index (χ0) is 21.7. The molecule has 7 nitrogen and oxygen atoms in total. The van der Waals surface area contributed by atoms with Gasteiger partial charge in [0.05, 0.1) is 0 Å². The van der Waals surface area contributed by atoms with Crippen LogP contribution in [-0.4, -0.2) is 71.6 Å². The minimum atomic E-state index is -0.149. The molecule has 3 rings (SSSR count). The Morgan fingerprint density at radius 3 is 2.37 bits per heavy atom. The van der Waals surface area contributed by atoms with Gasteiger partial charge in [0.2, 0.25) is 5.91 Å². The maximum Gasteiger partial charge on any atom is 0.268 e. The van der Waals surface area contributed by atoms with E-state index in [2.05, 4.69) is 15.2 Å². The smallest absolute Gasteiger partial charge is 0.268 e. The number of nitrogens with one attached hydrogen (secondary N) is 2. The van der Waals surface area contributed by atoms with Crippen LogP contribution < -0.4 is 5.32 Å². The Kier molecular flexibility index (Phi) is 7.69. The Balaban J connectivity index is 1.47. The quantitative estimate of drug-likeness (QED) is 0.638. The van der Waals surface area contributed by atoms with E-state index in [1.165, 1.54) is 12.8 Å². The molecule has 0 aromatic carbocycles. The van der Waals surface area contributed by atoms with Gasteiger partial charge in [0.1, 0.15) is 5.69 Å². The molecule has 1 aliphatic carbocycles. The zero-order valence-corrected chi connectivity index (χ0v) is 18.7. The van der Waals surface area contributed by atoms with Crippen molar-refractivity contribution < 1.29 is 14.4 Å². The van der Waals surface area contributed by atoms with E-state index >= 15 is 0 Å². The van der Waals surface area contributed by atoms with Gasteiger partial charge in [0.15, 0.2) is 5.78 Å². The molecular formula is C23H36N4O3. The van der Waals surface area contributed by atoms with Crippen molar-refractivity contribution in [2.24, 2.45) is 5.92 Å². The number of Topliss-reactive ketones (excluding diaryl/α,β-unsaturated/α-hetero) is 1. The summed E-state index contributed by atoms with van der Waals surface area (Å²) < 4.78 is 0. The SMILES string of the molecule is CCCc1c(C(=O)NCCN2CCN(C(=O)C3CCCC3)CC2)[nH]c(C)c1C(C)=O. The predicted octanol–water partition coefficient (Wildman–Crippen LogP) is 2.54.